The first-order valence-corrected chi connectivity index (χ1v) is 11.0. The van der Waals surface area contributed by atoms with Crippen LogP contribution >= 0.6 is 11.8 Å². The van der Waals surface area contributed by atoms with E-state index in [2.05, 4.69) is 68.8 Å². The Morgan fingerprint density at radius 1 is 1.11 bits per heavy atom. The van der Waals surface area contributed by atoms with Gasteiger partial charge in [-0.15, -0.1) is 22.0 Å². The summed E-state index contributed by atoms with van der Waals surface area (Å²) in [4.78, 5) is 6.18. The van der Waals surface area contributed by atoms with Crippen LogP contribution in [0.4, 0.5) is 0 Å². The van der Waals surface area contributed by atoms with Gasteiger partial charge in [-0.05, 0) is 49.8 Å². The molecule has 2 heterocycles. The van der Waals surface area contributed by atoms with E-state index in [0.717, 1.165) is 53.2 Å². The van der Waals surface area contributed by atoms with E-state index in [-0.39, 0.29) is 0 Å². The van der Waals surface area contributed by atoms with Crippen LogP contribution in [0.2, 0.25) is 0 Å². The lowest BCUT2D eigenvalue weighted by Gasteiger charge is -2.15. The van der Waals surface area contributed by atoms with Crippen LogP contribution in [0.3, 0.4) is 0 Å². The van der Waals surface area contributed by atoms with Crippen molar-refractivity contribution in [2.45, 2.75) is 30.8 Å². The Labute approximate surface area is 169 Å². The molecule has 5 rings (SSSR count). The van der Waals surface area contributed by atoms with Gasteiger partial charge in [0.15, 0.2) is 11.6 Å². The Morgan fingerprint density at radius 3 is 2.75 bits per heavy atom. The second-order valence-corrected chi connectivity index (χ2v) is 8.24. The number of aromatic nitrogens is 3. The van der Waals surface area contributed by atoms with Crippen molar-refractivity contribution in [1.29, 1.82) is 0 Å². The molecule has 142 valence electrons. The minimum atomic E-state index is 0.531. The minimum absolute atomic E-state index is 0.531. The van der Waals surface area contributed by atoms with Crippen molar-refractivity contribution < 1.29 is 0 Å². The van der Waals surface area contributed by atoms with Crippen molar-refractivity contribution in [3.8, 4) is 5.69 Å². The first-order valence-electron chi connectivity index (χ1n) is 9.76. The van der Waals surface area contributed by atoms with Crippen molar-refractivity contribution >= 4 is 17.5 Å². The molecule has 0 radical (unpaired) electrons. The SMILES string of the molecule is CSc1ccc2c(c1)C(c1ccccc1)=NCc1nnc(CNCC3CC3)n1-2. The molecule has 0 atom stereocenters. The van der Waals surface area contributed by atoms with Crippen LogP contribution in [-0.4, -0.2) is 33.3 Å². The molecule has 1 aliphatic carbocycles. The molecule has 6 heteroatoms. The molecule has 0 saturated heterocycles. The molecule has 1 aliphatic heterocycles. The molecule has 0 bridgehead atoms. The fourth-order valence-electron chi connectivity index (χ4n) is 3.66. The lowest BCUT2D eigenvalue weighted by molar-refractivity contribution is 0.611. The summed E-state index contributed by atoms with van der Waals surface area (Å²) in [5.41, 5.74) is 4.41. The summed E-state index contributed by atoms with van der Waals surface area (Å²) < 4.78 is 2.19. The standard InChI is InChI=1S/C22H23N5S/c1-28-17-9-10-19-18(11-17)22(16-5-3-2-4-6-16)24-14-21-26-25-20(27(19)21)13-23-12-15-7-8-15/h2-6,9-11,15,23H,7-8,12-14H2,1H3. The van der Waals surface area contributed by atoms with Gasteiger partial charge in [-0.25, -0.2) is 0 Å². The summed E-state index contributed by atoms with van der Waals surface area (Å²) in [6.07, 6.45) is 4.80. The fourth-order valence-corrected chi connectivity index (χ4v) is 4.10. The van der Waals surface area contributed by atoms with Gasteiger partial charge in [-0.1, -0.05) is 30.3 Å². The van der Waals surface area contributed by atoms with Crippen LogP contribution in [0.15, 0.2) is 58.4 Å². The van der Waals surface area contributed by atoms with Gasteiger partial charge in [0.1, 0.15) is 6.54 Å². The first-order chi connectivity index (χ1) is 13.8. The highest BCUT2D eigenvalue weighted by molar-refractivity contribution is 7.98. The molecule has 1 N–H and O–H groups in total. The van der Waals surface area contributed by atoms with E-state index in [1.165, 1.54) is 17.7 Å². The van der Waals surface area contributed by atoms with Crippen molar-refractivity contribution in [3.05, 3.63) is 71.3 Å². The van der Waals surface area contributed by atoms with E-state index < -0.39 is 0 Å². The Morgan fingerprint density at radius 2 is 1.96 bits per heavy atom. The minimum Gasteiger partial charge on any atom is -0.310 e. The molecule has 0 unspecified atom stereocenters. The first kappa shape index (κ1) is 17.6. The summed E-state index contributed by atoms with van der Waals surface area (Å²) in [6.45, 7) is 2.32. The summed E-state index contributed by atoms with van der Waals surface area (Å²) in [7, 11) is 0. The smallest absolute Gasteiger partial charge is 0.159 e. The van der Waals surface area contributed by atoms with Crippen LogP contribution in [0, 0.1) is 5.92 Å². The lowest BCUT2D eigenvalue weighted by atomic mass is 10.0. The normalized spacial score (nSPS) is 15.5. The number of hydrogen-bond acceptors (Lipinski definition) is 5. The van der Waals surface area contributed by atoms with Crippen LogP contribution < -0.4 is 5.32 Å². The summed E-state index contributed by atoms with van der Waals surface area (Å²) >= 11 is 1.75. The lowest BCUT2D eigenvalue weighted by Crippen LogP contribution is -2.20. The van der Waals surface area contributed by atoms with E-state index in [4.69, 9.17) is 4.99 Å². The summed E-state index contributed by atoms with van der Waals surface area (Å²) in [6, 6.07) is 17.0. The molecule has 1 aromatic heterocycles. The topological polar surface area (TPSA) is 55.1 Å². The van der Waals surface area contributed by atoms with E-state index >= 15 is 0 Å². The molecule has 0 spiro atoms. The molecule has 2 aliphatic rings. The highest BCUT2D eigenvalue weighted by atomic mass is 32.2. The van der Waals surface area contributed by atoms with Gasteiger partial charge in [0, 0.05) is 16.0 Å². The van der Waals surface area contributed by atoms with Gasteiger partial charge in [0.2, 0.25) is 0 Å². The zero-order chi connectivity index (χ0) is 18.9. The van der Waals surface area contributed by atoms with Crippen LogP contribution in [0.5, 0.6) is 0 Å². The van der Waals surface area contributed by atoms with Crippen molar-refractivity contribution in [2.24, 2.45) is 10.9 Å². The fraction of sp³-hybridized carbons (Fsp3) is 0.318. The highest BCUT2D eigenvalue weighted by Crippen LogP contribution is 2.30. The average Bonchev–Trinajstić information content (AvgIpc) is 3.50. The van der Waals surface area contributed by atoms with Crippen molar-refractivity contribution in [3.63, 3.8) is 0 Å². The number of rotatable bonds is 6. The average molecular weight is 390 g/mol. The third kappa shape index (κ3) is 3.38. The molecule has 3 aromatic rings. The molecular formula is C22H23N5S. The third-order valence-corrected chi connectivity index (χ3v) is 6.06. The maximum Gasteiger partial charge on any atom is 0.159 e. The molecule has 2 aromatic carbocycles. The molecule has 1 fully saturated rings. The number of thioether (sulfide) groups is 1. The van der Waals surface area contributed by atoms with Gasteiger partial charge < -0.3 is 5.32 Å². The number of nitrogens with one attached hydrogen (secondary N) is 1. The molecule has 28 heavy (non-hydrogen) atoms. The molecule has 5 nitrogen and oxygen atoms in total. The number of fused-ring (bicyclic) bond motifs is 3. The predicted octanol–water partition coefficient (Wildman–Crippen LogP) is 3.84. The monoisotopic (exact) mass is 389 g/mol. The van der Waals surface area contributed by atoms with E-state index in [1.807, 2.05) is 6.07 Å². The molecular weight excluding hydrogens is 366 g/mol. The Bertz CT molecular complexity index is 1020. The van der Waals surface area contributed by atoms with Crippen LogP contribution in [0.1, 0.15) is 35.6 Å². The number of nitrogens with zero attached hydrogens (tertiary/aromatic N) is 4. The van der Waals surface area contributed by atoms with Gasteiger partial charge in [-0.3, -0.25) is 9.56 Å². The summed E-state index contributed by atoms with van der Waals surface area (Å²) in [5, 5.41) is 12.5. The van der Waals surface area contributed by atoms with Gasteiger partial charge >= 0.3 is 0 Å². The van der Waals surface area contributed by atoms with Crippen LogP contribution in [-0.2, 0) is 13.1 Å². The second-order valence-electron chi connectivity index (χ2n) is 7.36. The maximum atomic E-state index is 4.95. The number of aliphatic imine (C=N–C) groups is 1. The van der Waals surface area contributed by atoms with E-state index in [0.29, 0.717) is 6.54 Å². The maximum absolute atomic E-state index is 4.95. The Balaban J connectivity index is 1.58. The van der Waals surface area contributed by atoms with Crippen molar-refractivity contribution in [1.82, 2.24) is 20.1 Å². The number of hydrogen-bond donors (Lipinski definition) is 1. The predicted molar refractivity (Wildman–Crippen MR) is 113 cm³/mol. The zero-order valence-electron chi connectivity index (χ0n) is 15.9. The van der Waals surface area contributed by atoms with Crippen LogP contribution in [0.25, 0.3) is 5.69 Å². The highest BCUT2D eigenvalue weighted by Gasteiger charge is 2.24. The summed E-state index contributed by atoms with van der Waals surface area (Å²) in [5.74, 6) is 2.70. The third-order valence-electron chi connectivity index (χ3n) is 5.34. The quantitative estimate of drug-likeness (QED) is 0.651. The Kier molecular flexibility index (Phi) is 4.74. The van der Waals surface area contributed by atoms with Gasteiger partial charge in [0.05, 0.1) is 17.9 Å². The second kappa shape index (κ2) is 7.53. The zero-order valence-corrected chi connectivity index (χ0v) is 16.7. The molecule has 0 amide bonds. The molecule has 1 saturated carbocycles. The Hall–Kier alpha value is -2.44. The van der Waals surface area contributed by atoms with E-state index in [9.17, 15) is 0 Å². The number of benzene rings is 2. The largest absolute Gasteiger partial charge is 0.310 e. The van der Waals surface area contributed by atoms with Gasteiger partial charge in [-0.2, -0.15) is 0 Å². The van der Waals surface area contributed by atoms with Crippen molar-refractivity contribution in [2.75, 3.05) is 12.8 Å². The van der Waals surface area contributed by atoms with Gasteiger partial charge in [0.25, 0.3) is 0 Å². The van der Waals surface area contributed by atoms with E-state index in [1.54, 1.807) is 11.8 Å².